The third kappa shape index (κ3) is 2.85. The molecule has 5 heteroatoms. The van der Waals surface area contributed by atoms with Crippen molar-refractivity contribution in [2.45, 2.75) is 6.92 Å². The lowest BCUT2D eigenvalue weighted by molar-refractivity contribution is 0.103. The van der Waals surface area contributed by atoms with E-state index in [2.05, 4.69) is 15.9 Å². The van der Waals surface area contributed by atoms with E-state index in [-0.39, 0.29) is 10.0 Å². The Morgan fingerprint density at radius 3 is 2.53 bits per heavy atom. The first kappa shape index (κ1) is 14.2. The third-order valence-electron chi connectivity index (χ3n) is 2.58. The topological polar surface area (TPSA) is 17.1 Å². The Morgan fingerprint density at radius 1 is 1.21 bits per heavy atom. The lowest BCUT2D eigenvalue weighted by Crippen LogP contribution is -2.08. The largest absolute Gasteiger partial charge is 0.288 e. The molecule has 0 aliphatic rings. The van der Waals surface area contributed by atoms with Crippen molar-refractivity contribution in [2.24, 2.45) is 0 Å². The van der Waals surface area contributed by atoms with E-state index < -0.39 is 23.0 Å². The SMILES string of the molecule is Cc1cc(Cl)cc(C(=O)c2c(F)ccc(Br)c2F)c1. The fourth-order valence-electron chi connectivity index (χ4n) is 1.75. The zero-order valence-corrected chi connectivity index (χ0v) is 12.1. The molecule has 0 saturated heterocycles. The lowest BCUT2D eigenvalue weighted by Gasteiger charge is -2.07. The van der Waals surface area contributed by atoms with Crippen LogP contribution in [-0.4, -0.2) is 5.78 Å². The van der Waals surface area contributed by atoms with Crippen LogP contribution in [0, 0.1) is 18.6 Å². The van der Waals surface area contributed by atoms with Gasteiger partial charge in [0.05, 0.1) is 10.0 Å². The molecule has 0 saturated carbocycles. The molecule has 0 radical (unpaired) electrons. The Labute approximate surface area is 122 Å². The van der Waals surface area contributed by atoms with Crippen LogP contribution in [-0.2, 0) is 0 Å². The minimum atomic E-state index is -0.914. The van der Waals surface area contributed by atoms with E-state index in [1.54, 1.807) is 13.0 Å². The van der Waals surface area contributed by atoms with Gasteiger partial charge in [0.2, 0.25) is 0 Å². The average Bonchev–Trinajstić information content (AvgIpc) is 2.33. The Balaban J connectivity index is 2.59. The molecule has 0 unspecified atom stereocenters. The second-order valence-electron chi connectivity index (χ2n) is 4.06. The van der Waals surface area contributed by atoms with Crippen molar-refractivity contribution in [1.29, 1.82) is 0 Å². The summed E-state index contributed by atoms with van der Waals surface area (Å²) in [6.07, 6.45) is 0. The number of hydrogen-bond acceptors (Lipinski definition) is 1. The molecule has 19 heavy (non-hydrogen) atoms. The molecule has 0 atom stereocenters. The summed E-state index contributed by atoms with van der Waals surface area (Å²) >= 11 is 8.77. The second-order valence-corrected chi connectivity index (χ2v) is 5.36. The summed E-state index contributed by atoms with van der Waals surface area (Å²) in [4.78, 5) is 12.2. The van der Waals surface area contributed by atoms with Crippen LogP contribution in [0.15, 0.2) is 34.8 Å². The van der Waals surface area contributed by atoms with Gasteiger partial charge < -0.3 is 0 Å². The van der Waals surface area contributed by atoms with Crippen molar-refractivity contribution in [3.8, 4) is 0 Å². The maximum atomic E-state index is 13.9. The average molecular weight is 346 g/mol. The van der Waals surface area contributed by atoms with E-state index >= 15 is 0 Å². The molecule has 0 aliphatic carbocycles. The van der Waals surface area contributed by atoms with Crippen LogP contribution in [0.3, 0.4) is 0 Å². The number of rotatable bonds is 2. The quantitative estimate of drug-likeness (QED) is 0.558. The number of benzene rings is 2. The molecule has 0 spiro atoms. The Morgan fingerprint density at radius 2 is 1.89 bits per heavy atom. The van der Waals surface area contributed by atoms with Gasteiger partial charge in [0.1, 0.15) is 5.82 Å². The maximum absolute atomic E-state index is 13.9. The smallest absolute Gasteiger partial charge is 0.199 e. The molecule has 0 N–H and O–H groups in total. The van der Waals surface area contributed by atoms with Gasteiger partial charge in [-0.15, -0.1) is 0 Å². The van der Waals surface area contributed by atoms with Crippen molar-refractivity contribution >= 4 is 33.3 Å². The van der Waals surface area contributed by atoms with E-state index in [1.807, 2.05) is 0 Å². The molecule has 0 aliphatic heterocycles. The molecule has 98 valence electrons. The lowest BCUT2D eigenvalue weighted by atomic mass is 10.0. The van der Waals surface area contributed by atoms with Gasteiger partial charge in [-0.05, 0) is 58.7 Å². The molecule has 0 aromatic heterocycles. The minimum Gasteiger partial charge on any atom is -0.288 e. The number of ketones is 1. The van der Waals surface area contributed by atoms with Gasteiger partial charge in [0.15, 0.2) is 11.6 Å². The normalized spacial score (nSPS) is 10.6. The highest BCUT2D eigenvalue weighted by Crippen LogP contribution is 2.25. The number of hydrogen-bond donors (Lipinski definition) is 0. The molecule has 2 aromatic carbocycles. The van der Waals surface area contributed by atoms with Gasteiger partial charge in [-0.2, -0.15) is 0 Å². The van der Waals surface area contributed by atoms with Gasteiger partial charge in [-0.25, -0.2) is 8.78 Å². The summed E-state index contributed by atoms with van der Waals surface area (Å²) in [5.41, 5.74) is 0.309. The predicted molar refractivity (Wildman–Crippen MR) is 73.7 cm³/mol. The summed E-state index contributed by atoms with van der Waals surface area (Å²) in [6.45, 7) is 1.75. The fourth-order valence-corrected chi connectivity index (χ4v) is 2.37. The van der Waals surface area contributed by atoms with Crippen molar-refractivity contribution in [1.82, 2.24) is 0 Å². The maximum Gasteiger partial charge on any atom is 0.199 e. The molecule has 0 amide bonds. The summed E-state index contributed by atoms with van der Waals surface area (Å²) in [5.74, 6) is -2.55. The first-order valence-corrected chi connectivity index (χ1v) is 6.52. The highest BCUT2D eigenvalue weighted by molar-refractivity contribution is 9.10. The van der Waals surface area contributed by atoms with Crippen LogP contribution in [0.2, 0.25) is 5.02 Å². The Bertz CT molecular complexity index is 650. The van der Waals surface area contributed by atoms with Crippen LogP contribution in [0.4, 0.5) is 8.78 Å². The van der Waals surface area contributed by atoms with Crippen molar-refractivity contribution < 1.29 is 13.6 Å². The van der Waals surface area contributed by atoms with Gasteiger partial charge in [0, 0.05) is 10.6 Å². The van der Waals surface area contributed by atoms with E-state index in [4.69, 9.17) is 11.6 Å². The molecule has 0 fully saturated rings. The molecular formula is C14H8BrClF2O. The van der Waals surface area contributed by atoms with E-state index in [0.29, 0.717) is 5.02 Å². The molecule has 2 aromatic rings. The third-order valence-corrected chi connectivity index (χ3v) is 3.41. The van der Waals surface area contributed by atoms with Crippen LogP contribution in [0.1, 0.15) is 21.5 Å². The zero-order chi connectivity index (χ0) is 14.2. The predicted octanol–water partition coefficient (Wildman–Crippen LogP) is 4.92. The van der Waals surface area contributed by atoms with Gasteiger partial charge in [0.25, 0.3) is 0 Å². The monoisotopic (exact) mass is 344 g/mol. The molecule has 0 heterocycles. The molecule has 0 bridgehead atoms. The standard InChI is InChI=1S/C14H8BrClF2O/c1-7-4-8(6-9(16)5-7)14(19)12-11(17)3-2-10(15)13(12)18/h2-6H,1H3. The summed E-state index contributed by atoms with van der Waals surface area (Å²) < 4.78 is 27.5. The Hall–Kier alpha value is -1.26. The molecule has 2 rings (SSSR count). The second kappa shape index (κ2) is 5.39. The van der Waals surface area contributed by atoms with Crippen molar-refractivity contribution in [2.75, 3.05) is 0 Å². The Kier molecular flexibility index (Phi) is 4.02. The van der Waals surface area contributed by atoms with E-state index in [1.165, 1.54) is 18.2 Å². The minimum absolute atomic E-state index is 0.0380. The van der Waals surface area contributed by atoms with E-state index in [0.717, 1.165) is 11.6 Å². The van der Waals surface area contributed by atoms with Gasteiger partial charge in [-0.1, -0.05) is 11.6 Å². The zero-order valence-electron chi connectivity index (χ0n) is 9.81. The van der Waals surface area contributed by atoms with Crippen LogP contribution in [0.25, 0.3) is 0 Å². The van der Waals surface area contributed by atoms with Crippen LogP contribution >= 0.6 is 27.5 Å². The fraction of sp³-hybridized carbons (Fsp3) is 0.0714. The number of halogens is 4. The number of carbonyl (C=O) groups excluding carboxylic acids is 1. The first-order valence-electron chi connectivity index (χ1n) is 5.35. The number of aryl methyl sites for hydroxylation is 1. The van der Waals surface area contributed by atoms with Crippen molar-refractivity contribution in [3.63, 3.8) is 0 Å². The van der Waals surface area contributed by atoms with Crippen LogP contribution < -0.4 is 0 Å². The molecular weight excluding hydrogens is 338 g/mol. The highest BCUT2D eigenvalue weighted by Gasteiger charge is 2.21. The van der Waals surface area contributed by atoms with Gasteiger partial charge in [-0.3, -0.25) is 4.79 Å². The van der Waals surface area contributed by atoms with Crippen LogP contribution in [0.5, 0.6) is 0 Å². The van der Waals surface area contributed by atoms with Gasteiger partial charge >= 0.3 is 0 Å². The first-order chi connectivity index (χ1) is 8.90. The number of carbonyl (C=O) groups is 1. The molecule has 1 nitrogen and oxygen atoms in total. The summed E-state index contributed by atoms with van der Waals surface area (Å²) in [5, 5.41) is 0.346. The summed E-state index contributed by atoms with van der Waals surface area (Å²) in [7, 11) is 0. The van der Waals surface area contributed by atoms with E-state index in [9.17, 15) is 13.6 Å². The summed E-state index contributed by atoms with van der Waals surface area (Å²) in [6, 6.07) is 6.83. The highest BCUT2D eigenvalue weighted by atomic mass is 79.9. The van der Waals surface area contributed by atoms with Crippen molar-refractivity contribution in [3.05, 3.63) is 68.2 Å².